The molecule has 31 heteroatoms. The van der Waals surface area contributed by atoms with Crippen molar-refractivity contribution in [2.75, 3.05) is 0 Å². The van der Waals surface area contributed by atoms with Crippen molar-refractivity contribution in [2.24, 2.45) is 66.5 Å². The average Bonchev–Trinajstić information content (AvgIpc) is 2.62. The molecule has 88 heavy (non-hydrogen) atoms. The SMILES string of the molecule is CCc1nn(C)cc1-c1cn(C)c(-c2nc(C(N)=O)cc3c2cnn3C)n1.Cc1cc(-c2cn(C)c(-c3nc(C(N)=O)cc4c3cnn4C)n2)n(CC(C)(F)F)n1.Cc1cc(-c2cn(C)c(-c3nc(C(N)=O)cc4c3cnn4C)n2)n(CCC(C)(F)F)n1. The van der Waals surface area contributed by atoms with E-state index in [9.17, 15) is 31.9 Å². The number of amides is 3. The van der Waals surface area contributed by atoms with Crippen LogP contribution in [0.2, 0.25) is 0 Å². The smallest absolute Gasteiger partial charge is 0.267 e. The van der Waals surface area contributed by atoms with Gasteiger partial charge in [-0.2, -0.15) is 30.6 Å². The number of hydrogen-bond acceptors (Lipinski definition) is 15. The molecule has 12 rings (SSSR count). The van der Waals surface area contributed by atoms with E-state index in [-0.39, 0.29) is 30.0 Å². The van der Waals surface area contributed by atoms with Gasteiger partial charge in [0.25, 0.3) is 23.6 Å². The third kappa shape index (κ3) is 12.1. The molecule has 0 saturated heterocycles. The molecule has 3 amide bonds. The van der Waals surface area contributed by atoms with E-state index in [1.807, 2.05) is 38.1 Å². The van der Waals surface area contributed by atoms with Gasteiger partial charge in [-0.25, -0.2) is 47.5 Å². The molecule has 0 aliphatic carbocycles. The second kappa shape index (κ2) is 22.9. The molecule has 0 bridgehead atoms. The maximum absolute atomic E-state index is 13.6. The summed E-state index contributed by atoms with van der Waals surface area (Å²) in [5.41, 5.74) is 26.5. The quantitative estimate of drug-likeness (QED) is 0.0934. The molecule has 6 N–H and O–H groups in total. The first-order valence-corrected chi connectivity index (χ1v) is 27.3. The zero-order valence-electron chi connectivity index (χ0n) is 50.1. The molecule has 0 spiro atoms. The van der Waals surface area contributed by atoms with Gasteiger partial charge in [-0.1, -0.05) is 6.92 Å². The van der Waals surface area contributed by atoms with Gasteiger partial charge in [-0.15, -0.1) is 0 Å². The summed E-state index contributed by atoms with van der Waals surface area (Å²) >= 11 is 0. The number of rotatable bonds is 15. The summed E-state index contributed by atoms with van der Waals surface area (Å²) in [5.74, 6) is -6.07. The van der Waals surface area contributed by atoms with Gasteiger partial charge in [-0.05, 0) is 57.5 Å². The van der Waals surface area contributed by atoms with Crippen molar-refractivity contribution in [3.8, 4) is 68.6 Å². The van der Waals surface area contributed by atoms with Crippen molar-refractivity contribution >= 4 is 50.4 Å². The van der Waals surface area contributed by atoms with Crippen LogP contribution >= 0.6 is 0 Å². The van der Waals surface area contributed by atoms with Crippen LogP contribution in [0.25, 0.3) is 101 Å². The Balaban J connectivity index is 0.000000146. The standard InChI is InChI=1S/C20H22F2N8O.C19H20F2N8O.C18H20N8O/c1-11-7-16(30(27-11)6-5-20(2,21)22)14-10-28(3)19(26-14)17-12-9-24-29(4)15(12)8-13(25-17)18(23)31;1-10-5-15(29(26-10)9-19(2,20)21)13-8-27(3)18(25-13)16-11-7-23-28(4)14(11)6-12(24-16)17(22)30;1-5-12-11(8-25(3)23-12)14-9-24(2)18(22-14)16-10-7-20-26(4)15(10)6-13(21-16)17(19)27/h7-10H,5-6H2,1-4H3,(H2,23,31);5-8H,9H2,1-4H3,(H2,22,30);6-9H,5H2,1-4H3,(H2,19,27). The van der Waals surface area contributed by atoms with Gasteiger partial charge >= 0.3 is 0 Å². The number of imidazole rings is 3. The lowest BCUT2D eigenvalue weighted by Crippen LogP contribution is -2.20. The van der Waals surface area contributed by atoms with E-state index in [0.29, 0.717) is 90.5 Å². The minimum absolute atomic E-state index is 0.0564. The zero-order chi connectivity index (χ0) is 63.6. The lowest BCUT2D eigenvalue weighted by Gasteiger charge is -2.12. The van der Waals surface area contributed by atoms with Crippen molar-refractivity contribution in [1.82, 2.24) is 102 Å². The number of alkyl halides is 4. The highest BCUT2D eigenvalue weighted by Crippen LogP contribution is 2.34. The topological polar surface area (TPSA) is 328 Å². The van der Waals surface area contributed by atoms with Crippen molar-refractivity contribution < 1.29 is 31.9 Å². The molecule has 0 aliphatic rings. The van der Waals surface area contributed by atoms with E-state index >= 15 is 0 Å². The number of pyridine rings is 3. The number of aromatic nitrogens is 21. The van der Waals surface area contributed by atoms with E-state index in [0.717, 1.165) is 48.1 Å². The van der Waals surface area contributed by atoms with Gasteiger partial charge in [0, 0.05) is 116 Å². The Kier molecular flexibility index (Phi) is 15.7. The van der Waals surface area contributed by atoms with E-state index in [2.05, 4.69) is 57.5 Å². The van der Waals surface area contributed by atoms with E-state index in [1.165, 1.54) is 9.36 Å². The largest absolute Gasteiger partial charge is 0.364 e. The summed E-state index contributed by atoms with van der Waals surface area (Å²) in [6.45, 7) is 6.81. The van der Waals surface area contributed by atoms with Crippen molar-refractivity contribution in [3.05, 3.63) is 108 Å². The summed E-state index contributed by atoms with van der Waals surface area (Å²) in [6.07, 6.45) is 12.8. The lowest BCUT2D eigenvalue weighted by molar-refractivity contribution is 0.000892. The third-order valence-corrected chi connectivity index (χ3v) is 14.3. The minimum atomic E-state index is -2.93. The summed E-state index contributed by atoms with van der Waals surface area (Å²) < 4.78 is 68.8. The van der Waals surface area contributed by atoms with Crippen LogP contribution in [0.5, 0.6) is 0 Å². The maximum Gasteiger partial charge on any atom is 0.267 e. The second-order valence-corrected chi connectivity index (χ2v) is 21.6. The molecule has 0 unspecified atom stereocenters. The lowest BCUT2D eigenvalue weighted by atomic mass is 10.1. The summed E-state index contributed by atoms with van der Waals surface area (Å²) in [7, 11) is 12.6. The summed E-state index contributed by atoms with van der Waals surface area (Å²) in [6, 6.07) is 8.30. The number of hydrogen-bond donors (Lipinski definition) is 3. The average molecular weight is 1210 g/mol. The summed E-state index contributed by atoms with van der Waals surface area (Å²) in [5, 5.41) is 28.0. The van der Waals surface area contributed by atoms with Gasteiger partial charge in [0.15, 0.2) is 17.5 Å². The first-order chi connectivity index (χ1) is 41.4. The normalized spacial score (nSPS) is 11.9. The number of primary amides is 3. The fourth-order valence-corrected chi connectivity index (χ4v) is 10.1. The molecule has 12 heterocycles. The molecular weight excluding hydrogens is 1140 g/mol. The Morgan fingerprint density at radius 3 is 1.25 bits per heavy atom. The highest BCUT2D eigenvalue weighted by atomic mass is 19.3. The van der Waals surface area contributed by atoms with Gasteiger partial charge in [0.05, 0.1) is 69.3 Å². The molecule has 456 valence electrons. The van der Waals surface area contributed by atoms with Gasteiger partial charge in [0.1, 0.15) is 52.1 Å². The van der Waals surface area contributed by atoms with Crippen LogP contribution in [0.3, 0.4) is 0 Å². The summed E-state index contributed by atoms with van der Waals surface area (Å²) in [4.78, 5) is 62.7. The number of aryl methyl sites for hydroxylation is 11. The molecule has 0 radical (unpaired) electrons. The van der Waals surface area contributed by atoms with Crippen LogP contribution in [0.1, 0.15) is 75.7 Å². The Labute approximate surface area is 498 Å². The van der Waals surface area contributed by atoms with Crippen molar-refractivity contribution in [3.63, 3.8) is 0 Å². The van der Waals surface area contributed by atoms with Crippen LogP contribution in [0.15, 0.2) is 73.7 Å². The molecule has 27 nitrogen and oxygen atoms in total. The van der Waals surface area contributed by atoms with Crippen LogP contribution in [0, 0.1) is 13.8 Å². The number of nitrogens with two attached hydrogens (primary N) is 3. The molecule has 12 aromatic rings. The fourth-order valence-electron chi connectivity index (χ4n) is 10.1. The first kappa shape index (κ1) is 60.4. The highest BCUT2D eigenvalue weighted by molar-refractivity contribution is 6.01. The fraction of sp³-hybridized carbons (Fsp3) is 0.316. The van der Waals surface area contributed by atoms with Gasteiger partial charge in [0.2, 0.25) is 5.92 Å². The number of halogens is 4. The van der Waals surface area contributed by atoms with Crippen LogP contribution in [-0.2, 0) is 68.8 Å². The molecule has 0 fully saturated rings. The number of carbonyl (C=O) groups excluding carboxylic acids is 3. The van der Waals surface area contributed by atoms with Gasteiger partial charge < -0.3 is 30.9 Å². The van der Waals surface area contributed by atoms with E-state index in [4.69, 9.17) is 27.2 Å². The van der Waals surface area contributed by atoms with Crippen molar-refractivity contribution in [1.29, 1.82) is 0 Å². The third-order valence-electron chi connectivity index (χ3n) is 14.3. The van der Waals surface area contributed by atoms with Crippen LogP contribution in [0.4, 0.5) is 17.6 Å². The molecule has 0 aromatic carbocycles. The minimum Gasteiger partial charge on any atom is -0.364 e. The molecule has 0 aliphatic heterocycles. The van der Waals surface area contributed by atoms with Crippen molar-refractivity contribution in [2.45, 2.75) is 72.4 Å². The molecule has 0 saturated carbocycles. The Hall–Kier alpha value is -10.8. The molecular formula is C57H62F4N24O3. The predicted octanol–water partition coefficient (Wildman–Crippen LogP) is 6.41. The second-order valence-electron chi connectivity index (χ2n) is 21.6. The number of nitrogens with zero attached hydrogens (tertiary/aromatic N) is 21. The Morgan fingerprint density at radius 2 is 0.875 bits per heavy atom. The molecule has 0 atom stereocenters. The van der Waals surface area contributed by atoms with Crippen LogP contribution < -0.4 is 17.2 Å². The maximum atomic E-state index is 13.6. The predicted molar refractivity (Wildman–Crippen MR) is 317 cm³/mol. The zero-order valence-corrected chi connectivity index (χ0v) is 50.1. The molecule has 12 aromatic heterocycles. The van der Waals surface area contributed by atoms with E-state index < -0.39 is 36.1 Å². The highest BCUT2D eigenvalue weighted by Gasteiger charge is 2.28. The monoisotopic (exact) mass is 1210 g/mol. The van der Waals surface area contributed by atoms with E-state index in [1.54, 1.807) is 131 Å². The van der Waals surface area contributed by atoms with Gasteiger partial charge in [-0.3, -0.25) is 42.5 Å². The number of carbonyl (C=O) groups is 3. The Morgan fingerprint density at radius 1 is 0.500 bits per heavy atom. The first-order valence-electron chi connectivity index (χ1n) is 27.3. The van der Waals surface area contributed by atoms with Crippen LogP contribution in [-0.4, -0.2) is 132 Å². The Bertz CT molecular complexity index is 4680. The number of fused-ring (bicyclic) bond motifs is 3.